The maximum atomic E-state index is 11.5. The summed E-state index contributed by atoms with van der Waals surface area (Å²) in [5.74, 6) is 4.23. The molecule has 1 fully saturated rings. The maximum Gasteiger partial charge on any atom is 0.191 e. The number of nitrogens with zero attached hydrogens (tertiary/aromatic N) is 1. The van der Waals surface area contributed by atoms with E-state index in [1.807, 2.05) is 24.3 Å². The van der Waals surface area contributed by atoms with Gasteiger partial charge in [-0.05, 0) is 30.5 Å². The van der Waals surface area contributed by atoms with Crippen LogP contribution in [-0.2, 0) is 16.3 Å². The SMILES string of the molecule is C#CCOc1ccc(CCNC(=NC)NC2CCS(=O)(=O)C2)cc1.I. The summed E-state index contributed by atoms with van der Waals surface area (Å²) in [6, 6.07) is 7.71. The molecule has 6 nitrogen and oxygen atoms in total. The van der Waals surface area contributed by atoms with Gasteiger partial charge in [-0.15, -0.1) is 30.4 Å². The second kappa shape index (κ2) is 10.5. The highest BCUT2D eigenvalue weighted by Gasteiger charge is 2.28. The third-order valence-corrected chi connectivity index (χ3v) is 5.52. The zero-order chi connectivity index (χ0) is 17.4. The zero-order valence-corrected chi connectivity index (χ0v) is 17.3. The minimum Gasteiger partial charge on any atom is -0.481 e. The van der Waals surface area contributed by atoms with Crippen molar-refractivity contribution in [1.29, 1.82) is 0 Å². The van der Waals surface area contributed by atoms with Crippen LogP contribution in [0.4, 0.5) is 0 Å². The third kappa shape index (κ3) is 7.52. The van der Waals surface area contributed by atoms with E-state index in [2.05, 4.69) is 21.5 Å². The van der Waals surface area contributed by atoms with E-state index in [1.165, 1.54) is 0 Å². The number of sulfone groups is 1. The van der Waals surface area contributed by atoms with E-state index in [0.717, 1.165) is 17.7 Å². The van der Waals surface area contributed by atoms with Crippen LogP contribution in [-0.4, -0.2) is 52.1 Å². The molecule has 0 saturated carbocycles. The van der Waals surface area contributed by atoms with Gasteiger partial charge in [0.1, 0.15) is 12.4 Å². The van der Waals surface area contributed by atoms with Gasteiger partial charge in [0.25, 0.3) is 0 Å². The number of nitrogens with one attached hydrogen (secondary N) is 2. The number of aliphatic imine (C=N–C) groups is 1. The minimum absolute atomic E-state index is 0. The molecule has 0 aliphatic carbocycles. The molecule has 1 aliphatic rings. The first-order chi connectivity index (χ1) is 11.5. The smallest absolute Gasteiger partial charge is 0.191 e. The van der Waals surface area contributed by atoms with Crippen LogP contribution in [0.15, 0.2) is 29.3 Å². The highest BCUT2D eigenvalue weighted by molar-refractivity contribution is 14.0. The van der Waals surface area contributed by atoms with Crippen molar-refractivity contribution in [3.8, 4) is 18.1 Å². The van der Waals surface area contributed by atoms with Crippen LogP contribution >= 0.6 is 24.0 Å². The van der Waals surface area contributed by atoms with E-state index >= 15 is 0 Å². The van der Waals surface area contributed by atoms with E-state index in [4.69, 9.17) is 11.2 Å². The quantitative estimate of drug-likeness (QED) is 0.279. The Kier molecular flexibility index (Phi) is 9.06. The second-order valence-corrected chi connectivity index (χ2v) is 7.86. The highest BCUT2D eigenvalue weighted by Crippen LogP contribution is 2.12. The normalized spacial score (nSPS) is 18.7. The second-order valence-electron chi connectivity index (χ2n) is 5.63. The molecule has 0 aromatic heterocycles. The van der Waals surface area contributed by atoms with Gasteiger partial charge in [0, 0.05) is 19.6 Å². The lowest BCUT2D eigenvalue weighted by Gasteiger charge is -2.16. The number of hydrogen-bond donors (Lipinski definition) is 2. The Balaban J connectivity index is 0.00000312. The van der Waals surface area contributed by atoms with Gasteiger partial charge in [-0.2, -0.15) is 0 Å². The van der Waals surface area contributed by atoms with E-state index in [9.17, 15) is 8.42 Å². The third-order valence-electron chi connectivity index (χ3n) is 3.75. The van der Waals surface area contributed by atoms with E-state index in [1.54, 1.807) is 7.05 Å². The standard InChI is InChI=1S/C17H23N3O3S.HI/c1-3-11-23-16-6-4-14(5-7-16)8-10-19-17(18-2)20-15-9-12-24(21,22)13-15;/h1,4-7,15H,8-13H2,2H3,(H2,18,19,20);1H. The van der Waals surface area contributed by atoms with Crippen LogP contribution in [0.5, 0.6) is 5.75 Å². The molecule has 1 heterocycles. The predicted octanol–water partition coefficient (Wildman–Crippen LogP) is 1.21. The molecule has 1 aromatic rings. The summed E-state index contributed by atoms with van der Waals surface area (Å²) in [4.78, 5) is 4.14. The molecule has 2 N–H and O–H groups in total. The van der Waals surface area contributed by atoms with Crippen molar-refractivity contribution in [3.63, 3.8) is 0 Å². The Morgan fingerprint density at radius 2 is 2.12 bits per heavy atom. The number of halogens is 1. The molecule has 0 spiro atoms. The van der Waals surface area contributed by atoms with E-state index < -0.39 is 9.84 Å². The van der Waals surface area contributed by atoms with Crippen LogP contribution < -0.4 is 15.4 Å². The lowest BCUT2D eigenvalue weighted by molar-refractivity contribution is 0.370. The number of guanidine groups is 1. The van der Waals surface area contributed by atoms with Crippen molar-refractivity contribution in [1.82, 2.24) is 10.6 Å². The Morgan fingerprint density at radius 1 is 1.40 bits per heavy atom. The van der Waals surface area contributed by atoms with Crippen molar-refractivity contribution in [3.05, 3.63) is 29.8 Å². The molecular weight excluding hydrogens is 453 g/mol. The van der Waals surface area contributed by atoms with Crippen LogP contribution in [0.25, 0.3) is 0 Å². The fourth-order valence-corrected chi connectivity index (χ4v) is 4.17. The van der Waals surface area contributed by atoms with E-state index in [0.29, 0.717) is 18.9 Å². The molecule has 1 unspecified atom stereocenters. The number of ether oxygens (including phenoxy) is 1. The fourth-order valence-electron chi connectivity index (χ4n) is 2.50. The lowest BCUT2D eigenvalue weighted by Crippen LogP contribution is -2.44. The predicted molar refractivity (Wildman–Crippen MR) is 111 cm³/mol. The molecule has 1 atom stereocenters. The maximum absolute atomic E-state index is 11.5. The first-order valence-electron chi connectivity index (χ1n) is 7.85. The monoisotopic (exact) mass is 477 g/mol. The van der Waals surface area contributed by atoms with Crippen LogP contribution in [0, 0.1) is 12.3 Å². The zero-order valence-electron chi connectivity index (χ0n) is 14.2. The molecule has 1 saturated heterocycles. The summed E-state index contributed by atoms with van der Waals surface area (Å²) in [6.45, 7) is 0.962. The molecule has 1 aromatic carbocycles. The summed E-state index contributed by atoms with van der Waals surface area (Å²) in [6.07, 6.45) is 6.60. The Bertz CT molecular complexity index is 712. The van der Waals surface area contributed by atoms with Gasteiger partial charge in [0.2, 0.25) is 0 Å². The summed E-state index contributed by atoms with van der Waals surface area (Å²) >= 11 is 0. The molecule has 0 amide bonds. The molecule has 0 radical (unpaired) electrons. The number of hydrogen-bond acceptors (Lipinski definition) is 4. The molecule has 138 valence electrons. The highest BCUT2D eigenvalue weighted by atomic mass is 127. The van der Waals surface area contributed by atoms with Gasteiger partial charge >= 0.3 is 0 Å². The Morgan fingerprint density at radius 3 is 2.68 bits per heavy atom. The van der Waals surface area contributed by atoms with Crippen molar-refractivity contribution in [2.24, 2.45) is 4.99 Å². The summed E-state index contributed by atoms with van der Waals surface area (Å²) < 4.78 is 28.3. The van der Waals surface area contributed by atoms with E-state index in [-0.39, 0.29) is 48.1 Å². The molecule has 0 bridgehead atoms. The van der Waals surface area contributed by atoms with Crippen molar-refractivity contribution in [2.45, 2.75) is 18.9 Å². The first kappa shape index (κ1) is 21.6. The van der Waals surface area contributed by atoms with Gasteiger partial charge in [0.05, 0.1) is 11.5 Å². The fraction of sp³-hybridized carbons (Fsp3) is 0.471. The average molecular weight is 477 g/mol. The minimum atomic E-state index is -2.89. The van der Waals surface area contributed by atoms with Gasteiger partial charge in [-0.25, -0.2) is 8.42 Å². The van der Waals surface area contributed by atoms with Gasteiger partial charge in [0.15, 0.2) is 15.8 Å². The van der Waals surface area contributed by atoms with Gasteiger partial charge in [-0.1, -0.05) is 18.1 Å². The number of benzene rings is 1. The van der Waals surface area contributed by atoms with Gasteiger partial charge < -0.3 is 15.4 Å². The Labute approximate surface area is 166 Å². The average Bonchev–Trinajstić information content (AvgIpc) is 2.91. The van der Waals surface area contributed by atoms with Crippen molar-refractivity contribution in [2.75, 3.05) is 31.7 Å². The molecule has 25 heavy (non-hydrogen) atoms. The molecular formula is C17H24IN3O3S. The first-order valence-corrected chi connectivity index (χ1v) is 9.67. The molecule has 2 rings (SSSR count). The Hall–Kier alpha value is -1.47. The number of rotatable bonds is 6. The van der Waals surface area contributed by atoms with Crippen molar-refractivity contribution >= 4 is 39.8 Å². The topological polar surface area (TPSA) is 79.8 Å². The van der Waals surface area contributed by atoms with Crippen LogP contribution in [0.1, 0.15) is 12.0 Å². The summed E-state index contributed by atoms with van der Waals surface area (Å²) in [5, 5.41) is 6.37. The largest absolute Gasteiger partial charge is 0.481 e. The summed E-state index contributed by atoms with van der Waals surface area (Å²) in [7, 11) is -1.22. The number of terminal acetylenes is 1. The molecule has 8 heteroatoms. The van der Waals surface area contributed by atoms with Gasteiger partial charge in [-0.3, -0.25) is 4.99 Å². The molecule has 1 aliphatic heterocycles. The van der Waals surface area contributed by atoms with Crippen LogP contribution in [0.2, 0.25) is 0 Å². The van der Waals surface area contributed by atoms with Crippen molar-refractivity contribution < 1.29 is 13.2 Å². The van der Waals surface area contributed by atoms with Crippen LogP contribution in [0.3, 0.4) is 0 Å². The summed E-state index contributed by atoms with van der Waals surface area (Å²) in [5.41, 5.74) is 1.16. The lowest BCUT2D eigenvalue weighted by atomic mass is 10.1.